The van der Waals surface area contributed by atoms with Gasteiger partial charge in [0.15, 0.2) is 0 Å². The minimum atomic E-state index is -0.151. The summed E-state index contributed by atoms with van der Waals surface area (Å²) in [6.07, 6.45) is 6.63. The van der Waals surface area contributed by atoms with Crippen molar-refractivity contribution < 1.29 is 4.39 Å². The van der Waals surface area contributed by atoms with Crippen LogP contribution in [0.5, 0.6) is 0 Å². The quantitative estimate of drug-likeness (QED) is 0.802. The zero-order valence-electron chi connectivity index (χ0n) is 13.1. The first kappa shape index (κ1) is 15.5. The number of hydrogen-bond acceptors (Lipinski definition) is 1. The predicted molar refractivity (Wildman–Crippen MR) is 83.2 cm³/mol. The summed E-state index contributed by atoms with van der Waals surface area (Å²) in [6.45, 7) is 6.67. The van der Waals surface area contributed by atoms with Crippen LogP contribution in [0.4, 0.5) is 4.39 Å². The van der Waals surface area contributed by atoms with Gasteiger partial charge in [-0.15, -0.1) is 0 Å². The third kappa shape index (κ3) is 3.82. The van der Waals surface area contributed by atoms with Crippen LogP contribution >= 0.6 is 0 Å². The Bertz CT molecular complexity index is 455. The number of rotatable bonds is 3. The molecule has 0 heterocycles. The van der Waals surface area contributed by atoms with E-state index in [9.17, 15) is 4.39 Å². The summed E-state index contributed by atoms with van der Waals surface area (Å²) >= 11 is 0. The molecule has 1 saturated carbocycles. The number of benzene rings is 1. The Kier molecular flexibility index (Phi) is 4.85. The monoisotopic (exact) mass is 277 g/mol. The van der Waals surface area contributed by atoms with Crippen molar-refractivity contribution in [3.8, 4) is 0 Å². The number of hydrogen-bond donors (Lipinski definition) is 1. The number of nitrogens with two attached hydrogens (primary N) is 1. The Morgan fingerprint density at radius 3 is 2.75 bits per heavy atom. The molecule has 1 aliphatic carbocycles. The summed E-state index contributed by atoms with van der Waals surface area (Å²) in [4.78, 5) is 0. The van der Waals surface area contributed by atoms with E-state index in [4.69, 9.17) is 5.73 Å². The molecule has 20 heavy (non-hydrogen) atoms. The molecule has 0 aliphatic heterocycles. The molecular formula is C18H28FN. The van der Waals surface area contributed by atoms with Crippen LogP contribution in [0.2, 0.25) is 0 Å². The molecule has 1 aromatic rings. The van der Waals surface area contributed by atoms with Gasteiger partial charge in [0.25, 0.3) is 0 Å². The lowest BCUT2D eigenvalue weighted by Gasteiger charge is -2.29. The van der Waals surface area contributed by atoms with Gasteiger partial charge in [-0.3, -0.25) is 0 Å². The highest BCUT2D eigenvalue weighted by Crippen LogP contribution is 2.35. The Hall–Kier alpha value is -0.890. The van der Waals surface area contributed by atoms with E-state index in [1.165, 1.54) is 25.3 Å². The second-order valence-electron chi connectivity index (χ2n) is 7.04. The number of halogens is 1. The molecule has 112 valence electrons. The lowest BCUT2D eigenvalue weighted by Crippen LogP contribution is -2.41. The highest BCUT2D eigenvalue weighted by atomic mass is 19.1. The fourth-order valence-electron chi connectivity index (χ4n) is 3.51. The Morgan fingerprint density at radius 2 is 2.05 bits per heavy atom. The summed E-state index contributed by atoms with van der Waals surface area (Å²) in [5, 5.41) is 0. The normalized spacial score (nSPS) is 27.6. The van der Waals surface area contributed by atoms with E-state index < -0.39 is 0 Å². The Balaban J connectivity index is 2.09. The fraction of sp³-hybridized carbons (Fsp3) is 0.667. The summed E-state index contributed by atoms with van der Waals surface area (Å²) in [6, 6.07) is 5.06. The minimum absolute atomic E-state index is 0.150. The summed E-state index contributed by atoms with van der Waals surface area (Å²) in [5.74, 6) is 1.39. The van der Waals surface area contributed by atoms with Gasteiger partial charge < -0.3 is 5.73 Å². The third-order valence-electron chi connectivity index (χ3n) is 5.06. The Morgan fingerprint density at radius 1 is 1.30 bits per heavy atom. The maximum atomic E-state index is 13.4. The highest BCUT2D eigenvalue weighted by molar-refractivity contribution is 5.28. The molecule has 2 heteroatoms. The second kappa shape index (κ2) is 6.26. The molecule has 2 rings (SSSR count). The van der Waals surface area contributed by atoms with Crippen molar-refractivity contribution in [2.24, 2.45) is 17.6 Å². The first-order valence-corrected chi connectivity index (χ1v) is 7.93. The van der Waals surface area contributed by atoms with Crippen molar-refractivity contribution >= 4 is 0 Å². The van der Waals surface area contributed by atoms with Crippen molar-refractivity contribution in [3.63, 3.8) is 0 Å². The SMILES string of the molecule is Cc1ccc(F)cc1CC1(N)CCCC(C(C)C)CC1. The maximum Gasteiger partial charge on any atom is 0.123 e. The van der Waals surface area contributed by atoms with Crippen LogP contribution in [0, 0.1) is 24.6 Å². The van der Waals surface area contributed by atoms with E-state index in [2.05, 4.69) is 13.8 Å². The fourth-order valence-corrected chi connectivity index (χ4v) is 3.51. The minimum Gasteiger partial charge on any atom is -0.325 e. The van der Waals surface area contributed by atoms with Gasteiger partial charge in [-0.1, -0.05) is 32.8 Å². The van der Waals surface area contributed by atoms with E-state index in [-0.39, 0.29) is 11.4 Å². The van der Waals surface area contributed by atoms with Gasteiger partial charge in [-0.25, -0.2) is 4.39 Å². The molecule has 0 aromatic heterocycles. The van der Waals surface area contributed by atoms with Crippen LogP contribution in [0.25, 0.3) is 0 Å². The van der Waals surface area contributed by atoms with E-state index in [0.29, 0.717) is 0 Å². The van der Waals surface area contributed by atoms with E-state index in [1.807, 2.05) is 13.0 Å². The van der Waals surface area contributed by atoms with Crippen LogP contribution in [-0.2, 0) is 6.42 Å². The van der Waals surface area contributed by atoms with Gasteiger partial charge >= 0.3 is 0 Å². The van der Waals surface area contributed by atoms with Gasteiger partial charge in [0, 0.05) is 5.54 Å². The second-order valence-corrected chi connectivity index (χ2v) is 7.04. The van der Waals surface area contributed by atoms with Crippen LogP contribution < -0.4 is 5.73 Å². The van der Waals surface area contributed by atoms with Crippen molar-refractivity contribution in [1.29, 1.82) is 0 Å². The molecule has 1 nitrogen and oxygen atoms in total. The molecule has 2 N–H and O–H groups in total. The van der Waals surface area contributed by atoms with Gasteiger partial charge in [-0.05, 0) is 67.7 Å². The van der Waals surface area contributed by atoms with E-state index in [1.54, 1.807) is 6.07 Å². The molecule has 1 aromatic carbocycles. The lowest BCUT2D eigenvalue weighted by molar-refractivity contribution is 0.321. The number of aryl methyl sites for hydroxylation is 1. The van der Waals surface area contributed by atoms with Gasteiger partial charge in [0.05, 0.1) is 0 Å². The van der Waals surface area contributed by atoms with Crippen molar-refractivity contribution in [2.75, 3.05) is 0 Å². The molecular weight excluding hydrogens is 249 g/mol. The molecule has 0 radical (unpaired) electrons. The van der Waals surface area contributed by atoms with Crippen LogP contribution in [0.1, 0.15) is 57.1 Å². The van der Waals surface area contributed by atoms with E-state index in [0.717, 1.165) is 42.2 Å². The van der Waals surface area contributed by atoms with Crippen LogP contribution in [0.15, 0.2) is 18.2 Å². The first-order valence-electron chi connectivity index (χ1n) is 7.93. The largest absolute Gasteiger partial charge is 0.325 e. The summed E-state index contributed by atoms with van der Waals surface area (Å²) in [7, 11) is 0. The Labute approximate surface area is 122 Å². The maximum absolute atomic E-state index is 13.4. The average molecular weight is 277 g/mol. The zero-order valence-corrected chi connectivity index (χ0v) is 13.1. The molecule has 0 amide bonds. The molecule has 0 saturated heterocycles. The molecule has 0 bridgehead atoms. The summed E-state index contributed by atoms with van der Waals surface area (Å²) in [5.41, 5.74) is 8.73. The summed E-state index contributed by atoms with van der Waals surface area (Å²) < 4.78 is 13.4. The van der Waals surface area contributed by atoms with Crippen LogP contribution in [-0.4, -0.2) is 5.54 Å². The lowest BCUT2D eigenvalue weighted by atomic mass is 9.82. The van der Waals surface area contributed by atoms with E-state index >= 15 is 0 Å². The molecule has 2 atom stereocenters. The average Bonchev–Trinajstić information content (AvgIpc) is 2.56. The standard InChI is InChI=1S/C18H28FN/c1-13(2)15-5-4-9-18(20,10-8-15)12-16-11-17(19)7-6-14(16)3/h6-7,11,13,15H,4-5,8-10,12,20H2,1-3H3. The van der Waals surface area contributed by atoms with Gasteiger partial charge in [0.1, 0.15) is 5.82 Å². The third-order valence-corrected chi connectivity index (χ3v) is 5.06. The highest BCUT2D eigenvalue weighted by Gasteiger charge is 2.30. The smallest absolute Gasteiger partial charge is 0.123 e. The van der Waals surface area contributed by atoms with Crippen molar-refractivity contribution in [3.05, 3.63) is 35.1 Å². The van der Waals surface area contributed by atoms with Gasteiger partial charge in [-0.2, -0.15) is 0 Å². The molecule has 0 spiro atoms. The van der Waals surface area contributed by atoms with Crippen molar-refractivity contribution in [2.45, 2.75) is 64.8 Å². The topological polar surface area (TPSA) is 26.0 Å². The van der Waals surface area contributed by atoms with Crippen LogP contribution in [0.3, 0.4) is 0 Å². The van der Waals surface area contributed by atoms with Gasteiger partial charge in [0.2, 0.25) is 0 Å². The predicted octanol–water partition coefficient (Wildman–Crippen LogP) is 4.61. The zero-order chi connectivity index (χ0) is 14.8. The molecule has 1 fully saturated rings. The molecule has 2 unspecified atom stereocenters. The van der Waals surface area contributed by atoms with Crippen molar-refractivity contribution in [1.82, 2.24) is 0 Å². The molecule has 1 aliphatic rings. The first-order chi connectivity index (χ1) is 9.39.